The third-order valence-corrected chi connectivity index (χ3v) is 6.85. The van der Waals surface area contributed by atoms with Crippen molar-refractivity contribution in [1.29, 1.82) is 0 Å². The number of methoxy groups -OCH3 is 2. The maximum Gasteiger partial charge on any atom is 0.237 e. The molecule has 0 bridgehead atoms. The van der Waals surface area contributed by atoms with E-state index in [2.05, 4.69) is 11.4 Å². The Balaban J connectivity index is 1.69. The first-order valence-corrected chi connectivity index (χ1v) is 12.3. The number of thiophene rings is 1. The number of fused-ring (bicyclic) bond motifs is 1. The molecule has 2 aromatic rings. The molecule has 8 heteroatoms. The summed E-state index contributed by atoms with van der Waals surface area (Å²) in [5, 5.41) is 12.3. The SMILES string of the molecule is COCCCN(CC(=O)N1CCc2sccc2[C@@H]1COc1ccc(C)cc1)C[C@@H](O)COC. The van der Waals surface area contributed by atoms with Crippen molar-refractivity contribution >= 4 is 17.2 Å². The quantitative estimate of drug-likeness (QED) is 0.448. The number of aliphatic hydroxyl groups excluding tert-OH is 1. The summed E-state index contributed by atoms with van der Waals surface area (Å²) < 4.78 is 16.4. The molecule has 0 unspecified atom stereocenters. The van der Waals surface area contributed by atoms with Crippen LogP contribution >= 0.6 is 11.3 Å². The van der Waals surface area contributed by atoms with Crippen molar-refractivity contribution in [3.05, 3.63) is 51.7 Å². The maximum atomic E-state index is 13.5. The molecule has 3 rings (SSSR count). The smallest absolute Gasteiger partial charge is 0.237 e. The Morgan fingerprint density at radius 3 is 2.76 bits per heavy atom. The van der Waals surface area contributed by atoms with Gasteiger partial charge in [-0.3, -0.25) is 9.69 Å². The highest BCUT2D eigenvalue weighted by atomic mass is 32.1. The van der Waals surface area contributed by atoms with Gasteiger partial charge in [0.25, 0.3) is 0 Å². The summed E-state index contributed by atoms with van der Waals surface area (Å²) in [5.41, 5.74) is 2.36. The van der Waals surface area contributed by atoms with Crippen LogP contribution in [0, 0.1) is 6.92 Å². The molecule has 2 heterocycles. The zero-order valence-corrected chi connectivity index (χ0v) is 20.7. The first-order chi connectivity index (χ1) is 16.0. The van der Waals surface area contributed by atoms with Gasteiger partial charge in [-0.1, -0.05) is 17.7 Å². The van der Waals surface area contributed by atoms with E-state index in [0.29, 0.717) is 32.8 Å². The summed E-state index contributed by atoms with van der Waals surface area (Å²) in [6.07, 6.45) is 1.00. The summed E-state index contributed by atoms with van der Waals surface area (Å²) >= 11 is 1.74. The van der Waals surface area contributed by atoms with Gasteiger partial charge >= 0.3 is 0 Å². The van der Waals surface area contributed by atoms with Gasteiger partial charge in [0.05, 0.1) is 25.3 Å². The average molecular weight is 477 g/mol. The second-order valence-corrected chi connectivity index (χ2v) is 9.47. The Morgan fingerprint density at radius 2 is 2.03 bits per heavy atom. The van der Waals surface area contributed by atoms with Crippen LogP contribution in [0.15, 0.2) is 35.7 Å². The molecule has 33 heavy (non-hydrogen) atoms. The van der Waals surface area contributed by atoms with E-state index in [0.717, 1.165) is 18.6 Å². The molecular weight excluding hydrogens is 440 g/mol. The molecule has 7 nitrogen and oxygen atoms in total. The van der Waals surface area contributed by atoms with Crippen molar-refractivity contribution < 1.29 is 24.1 Å². The van der Waals surface area contributed by atoms with Gasteiger partial charge in [0.2, 0.25) is 5.91 Å². The van der Waals surface area contributed by atoms with E-state index in [9.17, 15) is 9.90 Å². The van der Waals surface area contributed by atoms with Gasteiger partial charge < -0.3 is 24.2 Å². The molecule has 0 saturated carbocycles. The van der Waals surface area contributed by atoms with E-state index >= 15 is 0 Å². The lowest BCUT2D eigenvalue weighted by atomic mass is 10.0. The fourth-order valence-corrected chi connectivity index (χ4v) is 5.11. The zero-order chi connectivity index (χ0) is 23.6. The minimum Gasteiger partial charge on any atom is -0.491 e. The number of aliphatic hydroxyl groups is 1. The van der Waals surface area contributed by atoms with E-state index in [4.69, 9.17) is 14.2 Å². The Morgan fingerprint density at radius 1 is 1.24 bits per heavy atom. The number of carbonyl (C=O) groups excluding carboxylic acids is 1. The number of aryl methyl sites for hydroxylation is 1. The van der Waals surface area contributed by atoms with Crippen LogP contribution in [0.2, 0.25) is 0 Å². The number of hydrogen-bond donors (Lipinski definition) is 1. The van der Waals surface area contributed by atoms with E-state index < -0.39 is 6.10 Å². The highest BCUT2D eigenvalue weighted by Crippen LogP contribution is 2.34. The highest BCUT2D eigenvalue weighted by molar-refractivity contribution is 7.10. The molecule has 1 N–H and O–H groups in total. The maximum absolute atomic E-state index is 13.5. The predicted molar refractivity (Wildman–Crippen MR) is 130 cm³/mol. The number of benzene rings is 1. The average Bonchev–Trinajstić information content (AvgIpc) is 3.28. The Kier molecular flexibility index (Phi) is 10.1. The molecule has 1 aromatic carbocycles. The molecular formula is C25H36N2O5S. The lowest BCUT2D eigenvalue weighted by Crippen LogP contribution is -2.48. The van der Waals surface area contributed by atoms with Crippen molar-refractivity contribution in [2.45, 2.75) is 31.9 Å². The summed E-state index contributed by atoms with van der Waals surface area (Å²) in [6, 6.07) is 9.97. The lowest BCUT2D eigenvalue weighted by molar-refractivity contribution is -0.136. The van der Waals surface area contributed by atoms with Crippen LogP contribution in [0.4, 0.5) is 0 Å². The van der Waals surface area contributed by atoms with E-state index in [1.807, 2.05) is 41.0 Å². The highest BCUT2D eigenvalue weighted by Gasteiger charge is 2.33. The van der Waals surface area contributed by atoms with Crippen molar-refractivity contribution in [1.82, 2.24) is 9.80 Å². The van der Waals surface area contributed by atoms with Crippen LogP contribution in [0.25, 0.3) is 0 Å². The van der Waals surface area contributed by atoms with Crippen LogP contribution < -0.4 is 4.74 Å². The topological polar surface area (TPSA) is 71.5 Å². The first kappa shape index (κ1) is 25.6. The standard InChI is InChI=1S/C25H36N2O5S/c1-19-5-7-21(8-6-19)32-18-23-22-10-14-33-24(22)9-12-27(23)25(29)16-26(11-4-13-30-2)15-20(28)17-31-3/h5-8,10,14,20,23,28H,4,9,11-13,15-18H2,1-3H3/t20-,23+/m1/s1. The van der Waals surface area contributed by atoms with Crippen molar-refractivity contribution in [2.24, 2.45) is 0 Å². The second kappa shape index (κ2) is 13.1. The molecule has 1 amide bonds. The summed E-state index contributed by atoms with van der Waals surface area (Å²) in [6.45, 7) is 5.27. The number of nitrogens with zero attached hydrogens (tertiary/aromatic N) is 2. The number of ether oxygens (including phenoxy) is 3. The van der Waals surface area contributed by atoms with Crippen LogP contribution in [-0.4, -0.2) is 87.1 Å². The molecule has 2 atom stereocenters. The number of rotatable bonds is 13. The Labute approximate surface area is 200 Å². The van der Waals surface area contributed by atoms with Gasteiger partial charge in [0.15, 0.2) is 0 Å². The summed E-state index contributed by atoms with van der Waals surface area (Å²) in [7, 11) is 3.23. The number of carbonyl (C=O) groups is 1. The minimum absolute atomic E-state index is 0.0476. The van der Waals surface area contributed by atoms with Gasteiger partial charge in [-0.15, -0.1) is 11.3 Å². The number of hydrogen-bond acceptors (Lipinski definition) is 7. The Hall–Kier alpha value is -1.97. The van der Waals surface area contributed by atoms with Crippen molar-refractivity contribution in [3.8, 4) is 5.75 Å². The largest absolute Gasteiger partial charge is 0.491 e. The normalized spacial score (nSPS) is 16.6. The Bertz CT molecular complexity index is 857. The molecule has 0 fully saturated rings. The molecule has 182 valence electrons. The third-order valence-electron chi connectivity index (χ3n) is 5.85. The first-order valence-electron chi connectivity index (χ1n) is 11.4. The molecule has 0 aliphatic carbocycles. The predicted octanol–water partition coefficient (Wildman–Crippen LogP) is 2.91. The third kappa shape index (κ3) is 7.52. The molecule has 0 saturated heterocycles. The molecule has 1 aliphatic heterocycles. The van der Waals surface area contributed by atoms with Gasteiger partial charge in [-0.2, -0.15) is 0 Å². The number of amides is 1. The lowest BCUT2D eigenvalue weighted by Gasteiger charge is -2.37. The van der Waals surface area contributed by atoms with E-state index in [-0.39, 0.29) is 25.1 Å². The monoisotopic (exact) mass is 476 g/mol. The van der Waals surface area contributed by atoms with Crippen LogP contribution in [0.3, 0.4) is 0 Å². The van der Waals surface area contributed by atoms with Gasteiger partial charge in [0, 0.05) is 45.3 Å². The minimum atomic E-state index is -0.643. The molecule has 0 radical (unpaired) electrons. The van der Waals surface area contributed by atoms with E-state index in [1.54, 1.807) is 25.6 Å². The van der Waals surface area contributed by atoms with Crippen molar-refractivity contribution in [3.63, 3.8) is 0 Å². The molecule has 1 aliphatic rings. The fourth-order valence-electron chi connectivity index (χ4n) is 4.18. The second-order valence-electron chi connectivity index (χ2n) is 8.47. The van der Waals surface area contributed by atoms with E-state index in [1.165, 1.54) is 16.0 Å². The molecule has 1 aromatic heterocycles. The summed E-state index contributed by atoms with van der Waals surface area (Å²) in [5.74, 6) is 0.852. The van der Waals surface area contributed by atoms with Crippen LogP contribution in [0.5, 0.6) is 5.75 Å². The van der Waals surface area contributed by atoms with Crippen LogP contribution in [0.1, 0.15) is 28.5 Å². The zero-order valence-electron chi connectivity index (χ0n) is 19.9. The van der Waals surface area contributed by atoms with Gasteiger partial charge in [0.1, 0.15) is 12.4 Å². The fraction of sp³-hybridized carbons (Fsp3) is 0.560. The van der Waals surface area contributed by atoms with Crippen LogP contribution in [-0.2, 0) is 20.7 Å². The van der Waals surface area contributed by atoms with Gasteiger partial charge in [-0.05, 0) is 48.9 Å². The van der Waals surface area contributed by atoms with Gasteiger partial charge in [-0.25, -0.2) is 0 Å². The summed E-state index contributed by atoms with van der Waals surface area (Å²) in [4.78, 5) is 18.7. The van der Waals surface area contributed by atoms with Crippen molar-refractivity contribution in [2.75, 3.05) is 60.2 Å². The molecule has 0 spiro atoms.